The first kappa shape index (κ1) is 19.9. The number of hydrogen-bond acceptors (Lipinski definition) is 5. The van der Waals surface area contributed by atoms with Gasteiger partial charge in [0.1, 0.15) is 5.75 Å². The molecule has 0 saturated heterocycles. The third kappa shape index (κ3) is 5.03. The number of halogens is 3. The van der Waals surface area contributed by atoms with Crippen molar-refractivity contribution in [2.45, 2.75) is 10.7 Å². The molecule has 0 radical (unpaired) electrons. The maximum absolute atomic E-state index is 12.5. The lowest BCUT2D eigenvalue weighted by Crippen LogP contribution is -1.97. The van der Waals surface area contributed by atoms with E-state index in [0.717, 1.165) is 0 Å². The number of carbonyl (C=O) groups is 1. The van der Waals surface area contributed by atoms with Crippen LogP contribution in [0.4, 0.5) is 14.5 Å². The van der Waals surface area contributed by atoms with Crippen LogP contribution in [0.3, 0.4) is 0 Å². The van der Waals surface area contributed by atoms with Crippen molar-refractivity contribution >= 4 is 40.9 Å². The molecule has 0 saturated carbocycles. The number of thioether (sulfide) groups is 1. The highest BCUT2D eigenvalue weighted by Gasteiger charge is 2.14. The number of nitro groups is 1. The van der Waals surface area contributed by atoms with Gasteiger partial charge in [-0.1, -0.05) is 23.4 Å². The summed E-state index contributed by atoms with van der Waals surface area (Å²) in [5.41, 5.74) is 0.376. The van der Waals surface area contributed by atoms with Crippen molar-refractivity contribution in [2.75, 3.05) is 7.11 Å². The van der Waals surface area contributed by atoms with Crippen molar-refractivity contribution < 1.29 is 23.2 Å². The Labute approximate surface area is 156 Å². The standard InChI is InChI=1S/C17H12ClF2NO4S/c1-25-15-9-11(3-7-16(15)26-17(19)20)14(22)6-2-10-8-12(21(23)24)4-5-13(10)18/h2-9,17H,1H3/b6-2+. The van der Waals surface area contributed by atoms with Gasteiger partial charge in [-0.05, 0) is 42.0 Å². The molecule has 2 aromatic carbocycles. The van der Waals surface area contributed by atoms with E-state index < -0.39 is 16.5 Å². The molecule has 9 heteroatoms. The number of alkyl halides is 2. The number of hydrogen-bond donors (Lipinski definition) is 0. The van der Waals surface area contributed by atoms with Crippen LogP contribution in [0.15, 0.2) is 47.4 Å². The number of nitrogens with zero attached hydrogens (tertiary/aromatic N) is 1. The number of non-ortho nitro benzene ring substituents is 1. The largest absolute Gasteiger partial charge is 0.496 e. The summed E-state index contributed by atoms with van der Waals surface area (Å²) in [6.07, 6.45) is 2.55. The Morgan fingerprint density at radius 2 is 2.04 bits per heavy atom. The molecule has 0 bridgehead atoms. The predicted octanol–water partition coefficient (Wildman–Crippen LogP) is 5.47. The molecule has 26 heavy (non-hydrogen) atoms. The molecule has 0 N–H and O–H groups in total. The molecular formula is C17H12ClF2NO4S. The summed E-state index contributed by atoms with van der Waals surface area (Å²) < 4.78 is 30.0. The molecule has 0 aliphatic carbocycles. The van der Waals surface area contributed by atoms with Crippen LogP contribution < -0.4 is 4.74 Å². The number of ketones is 1. The van der Waals surface area contributed by atoms with Crippen LogP contribution in [0, 0.1) is 10.1 Å². The highest BCUT2D eigenvalue weighted by atomic mass is 35.5. The van der Waals surface area contributed by atoms with Crippen molar-refractivity contribution in [1.82, 2.24) is 0 Å². The SMILES string of the molecule is COc1cc(C(=O)/C=C/c2cc([N+](=O)[O-])ccc2Cl)ccc1SC(F)F. The average Bonchev–Trinajstić information content (AvgIpc) is 2.60. The predicted molar refractivity (Wildman–Crippen MR) is 96.3 cm³/mol. The topological polar surface area (TPSA) is 69.4 Å². The maximum atomic E-state index is 12.5. The van der Waals surface area contributed by atoms with Gasteiger partial charge in [0.2, 0.25) is 0 Å². The molecule has 0 atom stereocenters. The normalized spacial score (nSPS) is 11.1. The summed E-state index contributed by atoms with van der Waals surface area (Å²) in [5, 5.41) is 11.1. The van der Waals surface area contributed by atoms with Crippen LogP contribution in [0.2, 0.25) is 5.02 Å². The van der Waals surface area contributed by atoms with E-state index in [-0.39, 0.29) is 26.9 Å². The molecule has 2 aromatic rings. The van der Waals surface area contributed by atoms with E-state index in [4.69, 9.17) is 16.3 Å². The van der Waals surface area contributed by atoms with E-state index in [9.17, 15) is 23.7 Å². The Morgan fingerprint density at radius 1 is 1.31 bits per heavy atom. The molecule has 5 nitrogen and oxygen atoms in total. The molecule has 0 aliphatic rings. The Bertz CT molecular complexity index is 874. The van der Waals surface area contributed by atoms with Crippen LogP contribution in [0.1, 0.15) is 15.9 Å². The number of ether oxygens (including phenoxy) is 1. The Balaban J connectivity index is 2.26. The van der Waals surface area contributed by atoms with E-state index in [2.05, 4.69) is 0 Å². The lowest BCUT2D eigenvalue weighted by Gasteiger charge is -2.08. The minimum absolute atomic E-state index is 0.155. The first-order valence-corrected chi connectivity index (χ1v) is 8.36. The van der Waals surface area contributed by atoms with E-state index in [0.29, 0.717) is 17.3 Å². The van der Waals surface area contributed by atoms with Crippen LogP contribution in [-0.2, 0) is 0 Å². The monoisotopic (exact) mass is 399 g/mol. The summed E-state index contributed by atoms with van der Waals surface area (Å²) in [4.78, 5) is 22.7. The number of benzene rings is 2. The number of allylic oxidation sites excluding steroid dienone is 1. The minimum atomic E-state index is -2.61. The second kappa shape index (κ2) is 8.77. The van der Waals surface area contributed by atoms with E-state index in [1.807, 2.05) is 0 Å². The fourth-order valence-corrected chi connectivity index (χ4v) is 2.83. The molecule has 0 unspecified atom stereocenters. The zero-order valence-electron chi connectivity index (χ0n) is 13.3. The Hall–Kier alpha value is -2.45. The van der Waals surface area contributed by atoms with Crippen molar-refractivity contribution in [3.63, 3.8) is 0 Å². The van der Waals surface area contributed by atoms with E-state index in [1.165, 1.54) is 55.7 Å². The second-order valence-corrected chi connectivity index (χ2v) is 6.34. The van der Waals surface area contributed by atoms with Gasteiger partial charge in [-0.15, -0.1) is 0 Å². The van der Waals surface area contributed by atoms with E-state index in [1.54, 1.807) is 0 Å². The van der Waals surface area contributed by atoms with Gasteiger partial charge in [-0.25, -0.2) is 0 Å². The fourth-order valence-electron chi connectivity index (χ4n) is 2.05. The molecule has 0 aromatic heterocycles. The second-order valence-electron chi connectivity index (χ2n) is 4.90. The van der Waals surface area contributed by atoms with Crippen molar-refractivity contribution in [3.05, 3.63) is 68.7 Å². The minimum Gasteiger partial charge on any atom is -0.496 e. The van der Waals surface area contributed by atoms with E-state index >= 15 is 0 Å². The van der Waals surface area contributed by atoms with Crippen LogP contribution >= 0.6 is 23.4 Å². The van der Waals surface area contributed by atoms with Gasteiger partial charge < -0.3 is 4.74 Å². The number of carbonyl (C=O) groups excluding carboxylic acids is 1. The van der Waals surface area contributed by atoms with Crippen molar-refractivity contribution in [1.29, 1.82) is 0 Å². The van der Waals surface area contributed by atoms with Gasteiger partial charge in [0.05, 0.1) is 16.9 Å². The zero-order valence-corrected chi connectivity index (χ0v) is 14.9. The summed E-state index contributed by atoms with van der Waals surface area (Å²) in [6, 6.07) is 7.99. The highest BCUT2D eigenvalue weighted by molar-refractivity contribution is 7.99. The first-order chi connectivity index (χ1) is 12.3. The van der Waals surface area contributed by atoms with Gasteiger partial charge in [-0.3, -0.25) is 14.9 Å². The smallest absolute Gasteiger partial charge is 0.289 e. The van der Waals surface area contributed by atoms with Gasteiger partial charge in [0.25, 0.3) is 11.4 Å². The van der Waals surface area contributed by atoms with Crippen LogP contribution in [-0.4, -0.2) is 23.6 Å². The fraction of sp³-hybridized carbons (Fsp3) is 0.118. The summed E-state index contributed by atoms with van der Waals surface area (Å²) >= 11 is 6.29. The Kier molecular flexibility index (Phi) is 6.70. The third-order valence-electron chi connectivity index (χ3n) is 3.27. The Morgan fingerprint density at radius 3 is 2.65 bits per heavy atom. The molecular weight excluding hydrogens is 388 g/mol. The molecule has 136 valence electrons. The first-order valence-electron chi connectivity index (χ1n) is 7.11. The maximum Gasteiger partial charge on any atom is 0.289 e. The lowest BCUT2D eigenvalue weighted by atomic mass is 10.1. The summed E-state index contributed by atoms with van der Waals surface area (Å²) in [7, 11) is 1.32. The van der Waals surface area contributed by atoms with Crippen molar-refractivity contribution in [3.8, 4) is 5.75 Å². The zero-order chi connectivity index (χ0) is 19.3. The number of rotatable bonds is 7. The quantitative estimate of drug-likeness (QED) is 0.203. The molecule has 0 fully saturated rings. The molecule has 0 heterocycles. The van der Waals surface area contributed by atoms with Gasteiger partial charge in [0.15, 0.2) is 5.78 Å². The number of nitro benzene ring substituents is 1. The van der Waals surface area contributed by atoms with Crippen molar-refractivity contribution in [2.24, 2.45) is 0 Å². The summed E-state index contributed by atoms with van der Waals surface area (Å²) in [5.74, 6) is -2.89. The van der Waals surface area contributed by atoms with Crippen LogP contribution in [0.5, 0.6) is 5.75 Å². The molecule has 2 rings (SSSR count). The molecule has 0 aliphatic heterocycles. The lowest BCUT2D eigenvalue weighted by molar-refractivity contribution is -0.384. The van der Waals surface area contributed by atoms with Gasteiger partial charge in [-0.2, -0.15) is 8.78 Å². The third-order valence-corrected chi connectivity index (χ3v) is 4.38. The summed E-state index contributed by atoms with van der Waals surface area (Å²) in [6.45, 7) is 0. The highest BCUT2D eigenvalue weighted by Crippen LogP contribution is 2.34. The van der Waals surface area contributed by atoms with Crippen LogP contribution in [0.25, 0.3) is 6.08 Å². The average molecular weight is 400 g/mol. The van der Waals surface area contributed by atoms with Gasteiger partial charge in [0, 0.05) is 22.7 Å². The van der Waals surface area contributed by atoms with Gasteiger partial charge >= 0.3 is 0 Å². The molecule has 0 amide bonds. The molecule has 0 spiro atoms. The number of methoxy groups -OCH3 is 1.